The number of piperidine rings is 1. The molecule has 0 unspecified atom stereocenters. The molecule has 0 bridgehead atoms. The molecular formula is C26H35NO5. The Balaban J connectivity index is 1.46. The summed E-state index contributed by atoms with van der Waals surface area (Å²) in [5.74, 6) is 3.60. The first-order chi connectivity index (χ1) is 15.6. The Hall–Kier alpha value is -2.89. The van der Waals surface area contributed by atoms with Gasteiger partial charge in [-0.15, -0.1) is 0 Å². The Labute approximate surface area is 191 Å². The molecule has 0 aromatic heterocycles. The first kappa shape index (κ1) is 23.8. The minimum Gasteiger partial charge on any atom is -0.497 e. The number of hydrogen-bond acceptors (Lipinski definition) is 5. The summed E-state index contributed by atoms with van der Waals surface area (Å²) in [4.78, 5) is 14.8. The third-order valence-corrected chi connectivity index (χ3v) is 6.36. The molecule has 1 heterocycles. The van der Waals surface area contributed by atoms with Gasteiger partial charge in [0.2, 0.25) is 11.7 Å². The van der Waals surface area contributed by atoms with Crippen molar-refractivity contribution in [1.82, 2.24) is 4.90 Å². The number of benzene rings is 2. The van der Waals surface area contributed by atoms with Crippen molar-refractivity contribution in [2.24, 2.45) is 5.92 Å². The zero-order chi connectivity index (χ0) is 22.9. The van der Waals surface area contributed by atoms with Crippen LogP contribution < -0.4 is 18.9 Å². The first-order valence-corrected chi connectivity index (χ1v) is 11.3. The molecule has 1 fully saturated rings. The van der Waals surface area contributed by atoms with E-state index >= 15 is 0 Å². The van der Waals surface area contributed by atoms with Crippen LogP contribution in [0.4, 0.5) is 0 Å². The van der Waals surface area contributed by atoms with Gasteiger partial charge in [-0.2, -0.15) is 0 Å². The number of likely N-dealkylation sites (tertiary alicyclic amines) is 1. The fraction of sp³-hybridized carbons (Fsp3) is 0.500. The van der Waals surface area contributed by atoms with Crippen LogP contribution in [0, 0.1) is 5.92 Å². The molecule has 0 aliphatic carbocycles. The van der Waals surface area contributed by atoms with Crippen molar-refractivity contribution in [2.45, 2.75) is 38.5 Å². The maximum atomic E-state index is 12.8. The van der Waals surface area contributed by atoms with E-state index in [0.29, 0.717) is 36.0 Å². The predicted molar refractivity (Wildman–Crippen MR) is 125 cm³/mol. The molecule has 1 amide bonds. The molecule has 0 N–H and O–H groups in total. The Kier molecular flexibility index (Phi) is 8.65. The van der Waals surface area contributed by atoms with Gasteiger partial charge in [-0.05, 0) is 67.3 Å². The molecule has 1 saturated heterocycles. The highest BCUT2D eigenvalue weighted by atomic mass is 16.5. The minimum atomic E-state index is 0.204. The molecule has 1 aliphatic rings. The maximum Gasteiger partial charge on any atom is 0.222 e. The summed E-state index contributed by atoms with van der Waals surface area (Å²) in [6.45, 7) is 1.68. The van der Waals surface area contributed by atoms with Crippen LogP contribution in [0.5, 0.6) is 23.0 Å². The number of aryl methyl sites for hydroxylation is 2. The Morgan fingerprint density at radius 2 is 1.53 bits per heavy atom. The summed E-state index contributed by atoms with van der Waals surface area (Å²) >= 11 is 0. The highest BCUT2D eigenvalue weighted by Gasteiger charge is 2.23. The smallest absolute Gasteiger partial charge is 0.222 e. The van der Waals surface area contributed by atoms with Gasteiger partial charge in [0, 0.05) is 19.5 Å². The molecule has 0 radical (unpaired) electrons. The van der Waals surface area contributed by atoms with Crippen molar-refractivity contribution in [3.05, 3.63) is 47.5 Å². The second kappa shape index (κ2) is 11.7. The number of ether oxygens (including phenoxy) is 4. The van der Waals surface area contributed by atoms with E-state index in [1.54, 1.807) is 28.4 Å². The lowest BCUT2D eigenvalue weighted by Gasteiger charge is -2.32. The van der Waals surface area contributed by atoms with E-state index in [1.165, 1.54) is 5.56 Å². The number of carbonyl (C=O) groups excluding carboxylic acids is 1. The molecule has 174 valence electrons. The zero-order valence-corrected chi connectivity index (χ0v) is 19.7. The molecule has 0 saturated carbocycles. The maximum absolute atomic E-state index is 12.8. The molecule has 2 aromatic carbocycles. The monoisotopic (exact) mass is 441 g/mol. The summed E-state index contributed by atoms with van der Waals surface area (Å²) in [7, 11) is 6.49. The summed E-state index contributed by atoms with van der Waals surface area (Å²) in [6.07, 6.45) is 5.45. The molecule has 6 nitrogen and oxygen atoms in total. The van der Waals surface area contributed by atoms with Crippen molar-refractivity contribution < 1.29 is 23.7 Å². The number of nitrogens with zero attached hydrogens (tertiary/aromatic N) is 1. The highest BCUT2D eigenvalue weighted by molar-refractivity contribution is 5.76. The van der Waals surface area contributed by atoms with E-state index < -0.39 is 0 Å². The van der Waals surface area contributed by atoms with Crippen LogP contribution in [-0.2, 0) is 17.6 Å². The standard InChI is InChI=1S/C26H35NO5/c1-29-22-11-7-19(8-12-22)5-6-20-15-17-27(18-16-20)24(28)14-10-21-9-13-23(30-2)26(32-4)25(21)31-3/h7-9,11-13,20H,5-6,10,14-18H2,1-4H3. The highest BCUT2D eigenvalue weighted by Crippen LogP contribution is 2.40. The first-order valence-electron chi connectivity index (χ1n) is 11.3. The number of amides is 1. The summed E-state index contributed by atoms with van der Waals surface area (Å²) in [5, 5.41) is 0. The van der Waals surface area contributed by atoms with E-state index in [0.717, 1.165) is 50.1 Å². The van der Waals surface area contributed by atoms with Gasteiger partial charge in [0.15, 0.2) is 11.5 Å². The predicted octanol–water partition coefficient (Wildman–Crippen LogP) is 4.53. The Morgan fingerprint density at radius 1 is 0.844 bits per heavy atom. The number of rotatable bonds is 10. The Bertz CT molecular complexity index is 873. The van der Waals surface area contributed by atoms with Crippen LogP contribution in [0.2, 0.25) is 0 Å². The van der Waals surface area contributed by atoms with Crippen LogP contribution >= 0.6 is 0 Å². The fourth-order valence-corrected chi connectivity index (χ4v) is 4.39. The normalized spacial score (nSPS) is 14.2. The molecule has 0 spiro atoms. The summed E-state index contributed by atoms with van der Waals surface area (Å²) in [5.41, 5.74) is 2.29. The van der Waals surface area contributed by atoms with Gasteiger partial charge in [-0.1, -0.05) is 18.2 Å². The van der Waals surface area contributed by atoms with Crippen LogP contribution in [0.15, 0.2) is 36.4 Å². The molecule has 0 atom stereocenters. The van der Waals surface area contributed by atoms with Crippen molar-refractivity contribution in [3.63, 3.8) is 0 Å². The van der Waals surface area contributed by atoms with Crippen molar-refractivity contribution in [3.8, 4) is 23.0 Å². The zero-order valence-electron chi connectivity index (χ0n) is 19.7. The van der Waals surface area contributed by atoms with E-state index in [-0.39, 0.29) is 5.91 Å². The lowest BCUT2D eigenvalue weighted by Crippen LogP contribution is -2.38. The van der Waals surface area contributed by atoms with Crippen molar-refractivity contribution in [1.29, 1.82) is 0 Å². The van der Waals surface area contributed by atoms with Gasteiger partial charge in [0.1, 0.15) is 5.75 Å². The van der Waals surface area contributed by atoms with Gasteiger partial charge < -0.3 is 23.8 Å². The lowest BCUT2D eigenvalue weighted by molar-refractivity contribution is -0.132. The SMILES string of the molecule is COc1ccc(CCC2CCN(C(=O)CCc3ccc(OC)c(OC)c3OC)CC2)cc1. The number of hydrogen-bond donors (Lipinski definition) is 0. The van der Waals surface area contributed by atoms with Gasteiger partial charge >= 0.3 is 0 Å². The number of carbonyl (C=O) groups is 1. The Morgan fingerprint density at radius 3 is 2.12 bits per heavy atom. The van der Waals surface area contributed by atoms with Gasteiger partial charge in [0.05, 0.1) is 28.4 Å². The van der Waals surface area contributed by atoms with Crippen LogP contribution in [0.3, 0.4) is 0 Å². The topological polar surface area (TPSA) is 57.2 Å². The second-order valence-electron chi connectivity index (χ2n) is 8.20. The summed E-state index contributed by atoms with van der Waals surface area (Å²) < 4.78 is 21.6. The van der Waals surface area contributed by atoms with Crippen LogP contribution in [-0.4, -0.2) is 52.3 Å². The molecule has 6 heteroatoms. The third kappa shape index (κ3) is 5.87. The molecule has 3 rings (SSSR count). The van der Waals surface area contributed by atoms with Crippen molar-refractivity contribution in [2.75, 3.05) is 41.5 Å². The quantitative estimate of drug-likeness (QED) is 0.542. The third-order valence-electron chi connectivity index (χ3n) is 6.36. The van der Waals surface area contributed by atoms with E-state index in [1.807, 2.05) is 29.2 Å². The average molecular weight is 442 g/mol. The average Bonchev–Trinajstić information content (AvgIpc) is 2.85. The molecular weight excluding hydrogens is 406 g/mol. The molecule has 1 aliphatic heterocycles. The minimum absolute atomic E-state index is 0.204. The van der Waals surface area contributed by atoms with E-state index in [2.05, 4.69) is 12.1 Å². The lowest BCUT2D eigenvalue weighted by atomic mass is 9.90. The van der Waals surface area contributed by atoms with Crippen LogP contribution in [0.25, 0.3) is 0 Å². The van der Waals surface area contributed by atoms with E-state index in [9.17, 15) is 4.79 Å². The van der Waals surface area contributed by atoms with Gasteiger partial charge in [-0.3, -0.25) is 4.79 Å². The molecule has 32 heavy (non-hydrogen) atoms. The largest absolute Gasteiger partial charge is 0.497 e. The summed E-state index contributed by atoms with van der Waals surface area (Å²) in [6, 6.07) is 12.1. The van der Waals surface area contributed by atoms with Crippen molar-refractivity contribution >= 4 is 5.91 Å². The van der Waals surface area contributed by atoms with E-state index in [4.69, 9.17) is 18.9 Å². The molecule has 2 aromatic rings. The fourth-order valence-electron chi connectivity index (χ4n) is 4.39. The van der Waals surface area contributed by atoms with Gasteiger partial charge in [0.25, 0.3) is 0 Å². The second-order valence-corrected chi connectivity index (χ2v) is 8.20. The van der Waals surface area contributed by atoms with Gasteiger partial charge in [-0.25, -0.2) is 0 Å². The van der Waals surface area contributed by atoms with Crippen LogP contribution in [0.1, 0.15) is 36.8 Å². The number of methoxy groups -OCH3 is 4.